The van der Waals surface area contributed by atoms with Crippen molar-refractivity contribution in [3.05, 3.63) is 59.2 Å². The molecule has 2 amide bonds. The van der Waals surface area contributed by atoms with E-state index in [1.807, 2.05) is 32.0 Å². The number of anilines is 1. The van der Waals surface area contributed by atoms with E-state index in [1.54, 1.807) is 24.3 Å². The molecule has 25 heavy (non-hydrogen) atoms. The van der Waals surface area contributed by atoms with Gasteiger partial charge in [0.15, 0.2) is 6.61 Å². The number of nitrogens with one attached hydrogen (secondary N) is 2. The highest BCUT2D eigenvalue weighted by molar-refractivity contribution is 5.89. The van der Waals surface area contributed by atoms with Gasteiger partial charge in [0.05, 0.1) is 6.21 Å². The summed E-state index contributed by atoms with van der Waals surface area (Å²) in [6, 6.07) is 12.9. The van der Waals surface area contributed by atoms with Crippen molar-refractivity contribution in [1.29, 1.82) is 0 Å². The third-order valence-electron chi connectivity index (χ3n) is 3.20. The van der Waals surface area contributed by atoms with Crippen molar-refractivity contribution in [2.24, 2.45) is 5.10 Å². The average Bonchev–Trinajstić information content (AvgIpc) is 2.53. The number of nitrogens with zero attached hydrogens (tertiary/aromatic N) is 1. The van der Waals surface area contributed by atoms with Gasteiger partial charge in [0.2, 0.25) is 5.91 Å². The Labute approximate surface area is 146 Å². The first-order chi connectivity index (χ1) is 11.9. The molecule has 0 aliphatic rings. The standard InChI is InChI=1S/C19H21N3O3/c1-13-8-14(2)10-18(9-13)25-12-19(24)22-20-11-16-4-6-17(7-5-16)21-15(3)23/h4-11H,12H2,1-3H3,(H,21,23)(H,22,24)/b20-11-. The van der Waals surface area contributed by atoms with Crippen LogP contribution in [0.2, 0.25) is 0 Å². The number of carbonyl (C=O) groups is 2. The molecule has 6 heteroatoms. The van der Waals surface area contributed by atoms with Crippen LogP contribution in [0.15, 0.2) is 47.6 Å². The van der Waals surface area contributed by atoms with Crippen LogP contribution in [-0.2, 0) is 9.59 Å². The van der Waals surface area contributed by atoms with Crippen molar-refractivity contribution in [1.82, 2.24) is 5.43 Å². The van der Waals surface area contributed by atoms with Gasteiger partial charge >= 0.3 is 0 Å². The summed E-state index contributed by atoms with van der Waals surface area (Å²) in [7, 11) is 0. The van der Waals surface area contributed by atoms with Crippen LogP contribution in [0.4, 0.5) is 5.69 Å². The molecule has 0 spiro atoms. The lowest BCUT2D eigenvalue weighted by atomic mass is 10.1. The molecule has 2 aromatic carbocycles. The maximum Gasteiger partial charge on any atom is 0.277 e. The van der Waals surface area contributed by atoms with Crippen molar-refractivity contribution in [3.63, 3.8) is 0 Å². The molecule has 6 nitrogen and oxygen atoms in total. The minimum absolute atomic E-state index is 0.109. The molecule has 0 aliphatic carbocycles. The molecule has 0 saturated heterocycles. The highest BCUT2D eigenvalue weighted by Crippen LogP contribution is 2.15. The molecule has 0 aliphatic heterocycles. The predicted molar refractivity (Wildman–Crippen MR) is 97.9 cm³/mol. The summed E-state index contributed by atoms with van der Waals surface area (Å²) in [5.41, 5.74) is 6.07. The summed E-state index contributed by atoms with van der Waals surface area (Å²) < 4.78 is 5.46. The molecule has 0 aromatic heterocycles. The van der Waals surface area contributed by atoms with E-state index in [-0.39, 0.29) is 18.4 Å². The van der Waals surface area contributed by atoms with Crippen LogP contribution in [0.5, 0.6) is 5.75 Å². The summed E-state index contributed by atoms with van der Waals surface area (Å²) in [4.78, 5) is 22.7. The molecule has 0 heterocycles. The predicted octanol–water partition coefficient (Wildman–Crippen LogP) is 2.79. The van der Waals surface area contributed by atoms with Crippen LogP contribution in [-0.4, -0.2) is 24.6 Å². The third-order valence-corrected chi connectivity index (χ3v) is 3.20. The lowest BCUT2D eigenvalue weighted by Crippen LogP contribution is -2.24. The zero-order valence-corrected chi connectivity index (χ0v) is 14.5. The van der Waals surface area contributed by atoms with Gasteiger partial charge in [-0.15, -0.1) is 0 Å². The van der Waals surface area contributed by atoms with Gasteiger partial charge in [-0.25, -0.2) is 5.43 Å². The largest absolute Gasteiger partial charge is 0.484 e. The second-order valence-corrected chi connectivity index (χ2v) is 5.71. The molecule has 0 atom stereocenters. The molecule has 0 bridgehead atoms. The Hall–Kier alpha value is -3.15. The summed E-state index contributed by atoms with van der Waals surface area (Å²) in [6.45, 7) is 5.29. The zero-order chi connectivity index (χ0) is 18.2. The van der Waals surface area contributed by atoms with Gasteiger partial charge in [-0.3, -0.25) is 9.59 Å². The number of hydrogen-bond acceptors (Lipinski definition) is 4. The van der Waals surface area contributed by atoms with Gasteiger partial charge in [-0.05, 0) is 54.8 Å². The minimum atomic E-state index is -0.342. The first kappa shape index (κ1) is 18.2. The first-order valence-corrected chi connectivity index (χ1v) is 7.83. The molecule has 2 N–H and O–H groups in total. The normalized spacial score (nSPS) is 10.5. The third kappa shape index (κ3) is 6.47. The van der Waals surface area contributed by atoms with Crippen molar-refractivity contribution in [2.75, 3.05) is 11.9 Å². The fourth-order valence-electron chi connectivity index (χ4n) is 2.23. The van der Waals surface area contributed by atoms with Crippen LogP contribution in [0, 0.1) is 13.8 Å². The fourth-order valence-corrected chi connectivity index (χ4v) is 2.23. The summed E-state index contributed by atoms with van der Waals surface area (Å²) in [5.74, 6) is 0.188. The molecule has 130 valence electrons. The average molecular weight is 339 g/mol. The Balaban J connectivity index is 1.80. The van der Waals surface area contributed by atoms with Gasteiger partial charge in [-0.1, -0.05) is 18.2 Å². The minimum Gasteiger partial charge on any atom is -0.484 e. The van der Waals surface area contributed by atoms with Crippen LogP contribution < -0.4 is 15.5 Å². The topological polar surface area (TPSA) is 79.8 Å². The van der Waals surface area contributed by atoms with Gasteiger partial charge in [0.1, 0.15) is 5.75 Å². The Morgan fingerprint density at radius 1 is 1.08 bits per heavy atom. The highest BCUT2D eigenvalue weighted by Gasteiger charge is 2.02. The van der Waals surface area contributed by atoms with Gasteiger partial charge in [0.25, 0.3) is 5.91 Å². The van der Waals surface area contributed by atoms with E-state index in [4.69, 9.17) is 4.74 Å². The molecular weight excluding hydrogens is 318 g/mol. The lowest BCUT2D eigenvalue weighted by molar-refractivity contribution is -0.123. The van der Waals surface area contributed by atoms with Crippen LogP contribution >= 0.6 is 0 Å². The molecule has 0 saturated carbocycles. The Kier molecular flexibility index (Phi) is 6.28. The molecule has 2 aromatic rings. The maximum absolute atomic E-state index is 11.8. The number of carbonyl (C=O) groups excluding carboxylic acids is 2. The van der Waals surface area contributed by atoms with E-state index >= 15 is 0 Å². The van der Waals surface area contributed by atoms with Crippen molar-refractivity contribution < 1.29 is 14.3 Å². The molecular formula is C19H21N3O3. The highest BCUT2D eigenvalue weighted by atomic mass is 16.5. The van der Waals surface area contributed by atoms with E-state index in [0.717, 1.165) is 16.7 Å². The van der Waals surface area contributed by atoms with E-state index < -0.39 is 0 Å². The Morgan fingerprint density at radius 2 is 1.72 bits per heavy atom. The monoisotopic (exact) mass is 339 g/mol. The van der Waals surface area contributed by atoms with Crippen LogP contribution in [0.25, 0.3) is 0 Å². The van der Waals surface area contributed by atoms with E-state index in [2.05, 4.69) is 15.8 Å². The van der Waals surface area contributed by atoms with Gasteiger partial charge in [0, 0.05) is 12.6 Å². The van der Waals surface area contributed by atoms with Gasteiger partial charge in [-0.2, -0.15) is 5.10 Å². The SMILES string of the molecule is CC(=O)Nc1ccc(/C=N\NC(=O)COc2cc(C)cc(C)c2)cc1. The number of amides is 2. The van der Waals surface area contributed by atoms with E-state index in [0.29, 0.717) is 11.4 Å². The number of aryl methyl sites for hydroxylation is 2. The van der Waals surface area contributed by atoms with Crippen molar-refractivity contribution in [2.45, 2.75) is 20.8 Å². The zero-order valence-electron chi connectivity index (χ0n) is 14.5. The fraction of sp³-hybridized carbons (Fsp3) is 0.211. The number of benzene rings is 2. The maximum atomic E-state index is 11.8. The molecule has 0 fully saturated rings. The van der Waals surface area contributed by atoms with Crippen molar-refractivity contribution in [3.8, 4) is 5.75 Å². The van der Waals surface area contributed by atoms with E-state index in [9.17, 15) is 9.59 Å². The number of hydrogen-bond donors (Lipinski definition) is 2. The summed E-state index contributed by atoms with van der Waals surface area (Å²) in [6.07, 6.45) is 1.52. The quantitative estimate of drug-likeness (QED) is 0.627. The van der Waals surface area contributed by atoms with Gasteiger partial charge < -0.3 is 10.1 Å². The number of ether oxygens (including phenoxy) is 1. The second-order valence-electron chi connectivity index (χ2n) is 5.71. The Bertz CT molecular complexity index is 763. The smallest absolute Gasteiger partial charge is 0.277 e. The second kappa shape index (κ2) is 8.63. The molecule has 0 radical (unpaired) electrons. The Morgan fingerprint density at radius 3 is 2.32 bits per heavy atom. The van der Waals surface area contributed by atoms with Crippen LogP contribution in [0.1, 0.15) is 23.6 Å². The molecule has 2 rings (SSSR count). The first-order valence-electron chi connectivity index (χ1n) is 7.83. The van der Waals surface area contributed by atoms with E-state index in [1.165, 1.54) is 13.1 Å². The number of hydrazone groups is 1. The summed E-state index contributed by atoms with van der Waals surface area (Å²) in [5, 5.41) is 6.56. The van der Waals surface area contributed by atoms with Crippen LogP contribution in [0.3, 0.4) is 0 Å². The van der Waals surface area contributed by atoms with Crippen molar-refractivity contribution >= 4 is 23.7 Å². The number of rotatable bonds is 6. The lowest BCUT2D eigenvalue weighted by Gasteiger charge is -2.07. The summed E-state index contributed by atoms with van der Waals surface area (Å²) >= 11 is 0. The molecule has 0 unspecified atom stereocenters.